The standard InChI is InChI=1S/C22H26N4O6/c1-4-5-12-22(21(31)32,26(2)3)23-19(28)15-8-6-7-9-17(15)25-24-14-10-11-18(27)16(13-14)20(29)30/h6-11,13,27H,4-5,12H2,1-3H3,(H,23,28)(H,29,30)(H,31,32). The van der Waals surface area contributed by atoms with Gasteiger partial charge in [0.25, 0.3) is 5.91 Å². The largest absolute Gasteiger partial charge is 0.507 e. The van der Waals surface area contributed by atoms with Crippen LogP contribution in [0.5, 0.6) is 5.75 Å². The fourth-order valence-electron chi connectivity index (χ4n) is 3.06. The molecule has 0 aliphatic heterocycles. The first kappa shape index (κ1) is 24.5. The van der Waals surface area contributed by atoms with Gasteiger partial charge in [0.15, 0.2) is 5.66 Å². The zero-order valence-electron chi connectivity index (χ0n) is 18.1. The molecule has 170 valence electrons. The molecule has 1 atom stereocenters. The number of carboxylic acid groups (broad SMARTS) is 2. The van der Waals surface area contributed by atoms with E-state index in [9.17, 15) is 24.6 Å². The molecule has 0 fully saturated rings. The van der Waals surface area contributed by atoms with Crippen LogP contribution >= 0.6 is 0 Å². The van der Waals surface area contributed by atoms with Gasteiger partial charge in [-0.05, 0) is 57.3 Å². The van der Waals surface area contributed by atoms with Crippen molar-refractivity contribution in [3.63, 3.8) is 0 Å². The van der Waals surface area contributed by atoms with Gasteiger partial charge in [0, 0.05) is 0 Å². The average Bonchev–Trinajstić information content (AvgIpc) is 2.75. The summed E-state index contributed by atoms with van der Waals surface area (Å²) in [6, 6.07) is 9.98. The van der Waals surface area contributed by atoms with Crippen LogP contribution in [0.25, 0.3) is 0 Å². The number of azo groups is 1. The second kappa shape index (κ2) is 10.5. The van der Waals surface area contributed by atoms with Crippen molar-refractivity contribution >= 4 is 29.2 Å². The van der Waals surface area contributed by atoms with E-state index in [1.807, 2.05) is 6.92 Å². The Balaban J connectivity index is 2.37. The number of likely N-dealkylation sites (N-methyl/N-ethyl adjacent to an activating group) is 1. The van der Waals surface area contributed by atoms with Crippen molar-refractivity contribution in [1.29, 1.82) is 0 Å². The molecule has 0 heterocycles. The van der Waals surface area contributed by atoms with Gasteiger partial charge in [-0.15, -0.1) is 5.11 Å². The van der Waals surface area contributed by atoms with Gasteiger partial charge in [-0.25, -0.2) is 9.59 Å². The zero-order valence-corrected chi connectivity index (χ0v) is 18.1. The molecule has 10 nitrogen and oxygen atoms in total. The molecule has 0 radical (unpaired) electrons. The Hall–Kier alpha value is -3.79. The molecule has 0 spiro atoms. The molecule has 4 N–H and O–H groups in total. The number of rotatable bonds is 10. The third-order valence-corrected chi connectivity index (χ3v) is 4.96. The van der Waals surface area contributed by atoms with Crippen LogP contribution in [0.15, 0.2) is 52.7 Å². The third-order valence-electron chi connectivity index (χ3n) is 4.96. The Bertz CT molecular complexity index is 1040. The Morgan fingerprint density at radius 3 is 2.31 bits per heavy atom. The average molecular weight is 442 g/mol. The fraction of sp³-hybridized carbons (Fsp3) is 0.318. The molecule has 2 aromatic rings. The number of hydrogen-bond acceptors (Lipinski definition) is 7. The smallest absolute Gasteiger partial charge is 0.344 e. The quantitative estimate of drug-likeness (QED) is 0.323. The Labute approximate surface area is 185 Å². The van der Waals surface area contributed by atoms with Gasteiger partial charge in [-0.3, -0.25) is 9.69 Å². The van der Waals surface area contributed by atoms with E-state index in [1.165, 1.54) is 29.2 Å². The van der Waals surface area contributed by atoms with E-state index in [0.29, 0.717) is 6.42 Å². The summed E-state index contributed by atoms with van der Waals surface area (Å²) in [4.78, 5) is 37.7. The van der Waals surface area contributed by atoms with E-state index in [1.54, 1.807) is 26.2 Å². The van der Waals surface area contributed by atoms with Gasteiger partial charge in [0.05, 0.1) is 16.9 Å². The number of carbonyl (C=O) groups is 3. The molecule has 2 aromatic carbocycles. The first-order valence-electron chi connectivity index (χ1n) is 9.92. The van der Waals surface area contributed by atoms with Crippen LogP contribution < -0.4 is 5.32 Å². The molecule has 0 aliphatic carbocycles. The van der Waals surface area contributed by atoms with Gasteiger partial charge < -0.3 is 20.6 Å². The molecule has 2 rings (SSSR count). The number of hydrogen-bond donors (Lipinski definition) is 4. The Morgan fingerprint density at radius 1 is 1.03 bits per heavy atom. The summed E-state index contributed by atoms with van der Waals surface area (Å²) < 4.78 is 0. The summed E-state index contributed by atoms with van der Waals surface area (Å²) in [5, 5.41) is 39.2. The minimum Gasteiger partial charge on any atom is -0.507 e. The van der Waals surface area contributed by atoms with Crippen LogP contribution in [0.4, 0.5) is 11.4 Å². The minimum atomic E-state index is -1.59. The highest BCUT2D eigenvalue weighted by Crippen LogP contribution is 2.27. The maximum Gasteiger partial charge on any atom is 0.344 e. The summed E-state index contributed by atoms with van der Waals surface area (Å²) >= 11 is 0. The van der Waals surface area contributed by atoms with Crippen LogP contribution in [0.1, 0.15) is 46.9 Å². The van der Waals surface area contributed by atoms with Gasteiger partial charge in [-0.1, -0.05) is 25.5 Å². The van der Waals surface area contributed by atoms with Crippen LogP contribution in [0.2, 0.25) is 0 Å². The molecule has 1 unspecified atom stereocenters. The first-order chi connectivity index (χ1) is 15.1. The van der Waals surface area contributed by atoms with Crippen LogP contribution in [-0.2, 0) is 4.79 Å². The predicted octanol–water partition coefficient (Wildman–Crippen LogP) is 3.77. The highest BCUT2D eigenvalue weighted by molar-refractivity contribution is 6.01. The first-order valence-corrected chi connectivity index (χ1v) is 9.92. The van der Waals surface area contributed by atoms with Gasteiger partial charge >= 0.3 is 11.9 Å². The van der Waals surface area contributed by atoms with Crippen molar-refractivity contribution in [3.8, 4) is 5.75 Å². The maximum absolute atomic E-state index is 13.0. The number of benzene rings is 2. The lowest BCUT2D eigenvalue weighted by Crippen LogP contribution is -2.63. The summed E-state index contributed by atoms with van der Waals surface area (Å²) in [7, 11) is 3.17. The number of carboxylic acids is 2. The number of amides is 1. The van der Waals surface area contributed by atoms with Crippen molar-refractivity contribution in [2.45, 2.75) is 31.8 Å². The molecule has 0 aromatic heterocycles. The predicted molar refractivity (Wildman–Crippen MR) is 117 cm³/mol. The minimum absolute atomic E-state index is 0.109. The summed E-state index contributed by atoms with van der Waals surface area (Å²) in [6.45, 7) is 1.93. The van der Waals surface area contributed by atoms with Gasteiger partial charge in [0.2, 0.25) is 0 Å². The number of aromatic hydroxyl groups is 1. The topological polar surface area (TPSA) is 152 Å². The molecule has 0 bridgehead atoms. The van der Waals surface area contributed by atoms with Crippen molar-refractivity contribution in [1.82, 2.24) is 10.2 Å². The number of phenols is 1. The summed E-state index contributed by atoms with van der Waals surface area (Å²) in [5.74, 6) is -3.53. The lowest BCUT2D eigenvalue weighted by atomic mass is 10.00. The highest BCUT2D eigenvalue weighted by atomic mass is 16.4. The molecule has 1 amide bonds. The highest BCUT2D eigenvalue weighted by Gasteiger charge is 2.42. The maximum atomic E-state index is 13.0. The third kappa shape index (κ3) is 5.46. The number of nitrogens with one attached hydrogen (secondary N) is 1. The van der Waals surface area contributed by atoms with Gasteiger partial charge in [-0.2, -0.15) is 5.11 Å². The second-order valence-corrected chi connectivity index (χ2v) is 7.34. The number of aliphatic carboxylic acids is 1. The van der Waals surface area contributed by atoms with Crippen LogP contribution in [0.3, 0.4) is 0 Å². The van der Waals surface area contributed by atoms with Crippen molar-refractivity contribution in [3.05, 3.63) is 53.6 Å². The van der Waals surface area contributed by atoms with E-state index in [-0.39, 0.29) is 28.9 Å². The van der Waals surface area contributed by atoms with E-state index in [0.717, 1.165) is 12.5 Å². The number of nitrogens with zero attached hydrogens (tertiary/aromatic N) is 3. The zero-order chi connectivity index (χ0) is 23.9. The Kier molecular flexibility index (Phi) is 8.03. The fourth-order valence-corrected chi connectivity index (χ4v) is 3.06. The molecular weight excluding hydrogens is 416 g/mol. The lowest BCUT2D eigenvalue weighted by Gasteiger charge is -2.36. The van der Waals surface area contributed by atoms with Crippen molar-refractivity contribution in [2.75, 3.05) is 14.1 Å². The molecule has 32 heavy (non-hydrogen) atoms. The van der Waals surface area contributed by atoms with E-state index < -0.39 is 29.3 Å². The molecule has 0 saturated carbocycles. The van der Waals surface area contributed by atoms with Gasteiger partial charge in [0.1, 0.15) is 11.3 Å². The van der Waals surface area contributed by atoms with Crippen LogP contribution in [-0.4, -0.2) is 57.8 Å². The number of aromatic carboxylic acids is 1. The monoisotopic (exact) mass is 442 g/mol. The number of unbranched alkanes of at least 4 members (excludes halogenated alkanes) is 1. The SMILES string of the molecule is CCCCC(NC(=O)c1ccccc1N=Nc1ccc(O)c(C(=O)O)c1)(C(=O)O)N(C)C. The van der Waals surface area contributed by atoms with Crippen molar-refractivity contribution < 1.29 is 29.7 Å². The van der Waals surface area contributed by atoms with E-state index in [4.69, 9.17) is 5.11 Å². The molecule has 10 heteroatoms. The molecular formula is C22H26N4O6. The van der Waals surface area contributed by atoms with Crippen molar-refractivity contribution in [2.24, 2.45) is 10.2 Å². The van der Waals surface area contributed by atoms with Crippen LogP contribution in [0, 0.1) is 0 Å². The summed E-state index contributed by atoms with van der Waals surface area (Å²) in [5.41, 5.74) is -1.49. The normalized spacial score (nSPS) is 13.1. The van der Waals surface area contributed by atoms with E-state index >= 15 is 0 Å². The number of carbonyl (C=O) groups excluding carboxylic acids is 1. The van der Waals surface area contributed by atoms with E-state index in [2.05, 4.69) is 15.5 Å². The second-order valence-electron chi connectivity index (χ2n) is 7.34. The summed E-state index contributed by atoms with van der Waals surface area (Å²) in [6.07, 6.45) is 1.57. The molecule has 0 saturated heterocycles. The molecule has 0 aliphatic rings. The Morgan fingerprint density at radius 2 is 1.72 bits per heavy atom. The lowest BCUT2D eigenvalue weighted by molar-refractivity contribution is -0.152.